The molecule has 0 bridgehead atoms. The summed E-state index contributed by atoms with van der Waals surface area (Å²) in [5.41, 5.74) is 3.62. The number of pyridine rings is 1. The molecule has 0 spiro atoms. The first kappa shape index (κ1) is 20.2. The number of anilines is 2. The lowest BCUT2D eigenvalue weighted by atomic mass is 9.98. The number of hydrogen-bond donors (Lipinski definition) is 2. The monoisotopic (exact) mass is 391 g/mol. The highest BCUT2D eigenvalue weighted by Crippen LogP contribution is 2.27. The van der Waals surface area contributed by atoms with Crippen LogP contribution in [0.15, 0.2) is 60.8 Å². The first-order valence-electron chi connectivity index (χ1n) is 9.29. The van der Waals surface area contributed by atoms with Gasteiger partial charge in [-0.05, 0) is 60.4 Å². The number of halogens is 1. The van der Waals surface area contributed by atoms with Crippen molar-refractivity contribution in [3.05, 3.63) is 89.0 Å². The normalized spacial score (nSPS) is 10.7. The number of nitrogens with one attached hydrogen (secondary N) is 2. The second kappa shape index (κ2) is 8.65. The Balaban J connectivity index is 1.80. The van der Waals surface area contributed by atoms with Crippen molar-refractivity contribution in [2.24, 2.45) is 0 Å². The highest BCUT2D eigenvalue weighted by molar-refractivity contribution is 6.08. The highest BCUT2D eigenvalue weighted by atomic mass is 19.1. The lowest BCUT2D eigenvalue weighted by molar-refractivity contribution is 0.102. The molecule has 0 saturated carbocycles. The van der Waals surface area contributed by atoms with Crippen LogP contribution >= 0.6 is 0 Å². The minimum atomic E-state index is -0.410. The number of carbonyl (C=O) groups excluding carboxylic acids is 2. The lowest BCUT2D eigenvalue weighted by Crippen LogP contribution is -2.18. The molecule has 0 unspecified atom stereocenters. The van der Waals surface area contributed by atoms with Crippen molar-refractivity contribution >= 4 is 23.2 Å². The Morgan fingerprint density at radius 2 is 1.69 bits per heavy atom. The van der Waals surface area contributed by atoms with Crippen molar-refractivity contribution in [2.45, 2.75) is 26.7 Å². The van der Waals surface area contributed by atoms with Gasteiger partial charge in [0.25, 0.3) is 11.8 Å². The van der Waals surface area contributed by atoms with Gasteiger partial charge in [-0.1, -0.05) is 32.0 Å². The van der Waals surface area contributed by atoms with Crippen LogP contribution in [-0.2, 0) is 0 Å². The first-order chi connectivity index (χ1) is 13.8. The van der Waals surface area contributed by atoms with Gasteiger partial charge in [0, 0.05) is 23.1 Å². The average molecular weight is 391 g/mol. The van der Waals surface area contributed by atoms with Gasteiger partial charge in [0.1, 0.15) is 11.5 Å². The van der Waals surface area contributed by atoms with E-state index in [1.807, 2.05) is 25.1 Å². The zero-order valence-electron chi connectivity index (χ0n) is 16.5. The maximum atomic E-state index is 13.0. The molecule has 3 aromatic rings. The molecule has 148 valence electrons. The highest BCUT2D eigenvalue weighted by Gasteiger charge is 2.16. The van der Waals surface area contributed by atoms with Gasteiger partial charge < -0.3 is 10.6 Å². The van der Waals surface area contributed by atoms with E-state index in [1.54, 1.807) is 0 Å². The van der Waals surface area contributed by atoms with Crippen molar-refractivity contribution < 1.29 is 14.0 Å². The van der Waals surface area contributed by atoms with Crippen molar-refractivity contribution in [1.29, 1.82) is 0 Å². The molecular formula is C23H22FN3O2. The number of hydrogen-bond acceptors (Lipinski definition) is 3. The zero-order valence-corrected chi connectivity index (χ0v) is 16.5. The summed E-state index contributed by atoms with van der Waals surface area (Å²) in [6, 6.07) is 14.3. The van der Waals surface area contributed by atoms with E-state index < -0.39 is 11.8 Å². The van der Waals surface area contributed by atoms with Crippen molar-refractivity contribution in [3.8, 4) is 0 Å². The van der Waals surface area contributed by atoms with Crippen LogP contribution in [0.2, 0.25) is 0 Å². The summed E-state index contributed by atoms with van der Waals surface area (Å²) >= 11 is 0. The number of amides is 2. The molecule has 2 N–H and O–H groups in total. The summed E-state index contributed by atoms with van der Waals surface area (Å²) in [4.78, 5) is 29.3. The predicted molar refractivity (Wildman–Crippen MR) is 112 cm³/mol. The number of carbonyl (C=O) groups is 2. The quantitative estimate of drug-likeness (QED) is 0.631. The van der Waals surface area contributed by atoms with Gasteiger partial charge in [-0.2, -0.15) is 0 Å². The number of rotatable bonds is 5. The van der Waals surface area contributed by atoms with Crippen LogP contribution < -0.4 is 10.6 Å². The Kier molecular flexibility index (Phi) is 6.02. The second-order valence-electron chi connectivity index (χ2n) is 7.04. The van der Waals surface area contributed by atoms with Gasteiger partial charge in [0.2, 0.25) is 0 Å². The van der Waals surface area contributed by atoms with E-state index in [9.17, 15) is 14.0 Å². The van der Waals surface area contributed by atoms with E-state index in [2.05, 4.69) is 29.5 Å². The Hall–Kier alpha value is -3.54. The molecule has 0 atom stereocenters. The largest absolute Gasteiger partial charge is 0.322 e. The summed E-state index contributed by atoms with van der Waals surface area (Å²) in [5.74, 6) is -0.946. The molecule has 29 heavy (non-hydrogen) atoms. The molecular weight excluding hydrogens is 369 g/mol. The predicted octanol–water partition coefficient (Wildman–Crippen LogP) is 5.16. The molecule has 0 saturated heterocycles. The third-order valence-electron chi connectivity index (χ3n) is 4.52. The number of nitrogens with zero attached hydrogens (tertiary/aromatic N) is 1. The van der Waals surface area contributed by atoms with Crippen LogP contribution in [0.5, 0.6) is 0 Å². The van der Waals surface area contributed by atoms with E-state index in [0.717, 1.165) is 16.8 Å². The fraction of sp³-hybridized carbons (Fsp3) is 0.174. The molecule has 5 nitrogen and oxygen atoms in total. The van der Waals surface area contributed by atoms with E-state index in [0.29, 0.717) is 5.69 Å². The molecule has 0 aliphatic carbocycles. The fourth-order valence-electron chi connectivity index (χ4n) is 2.95. The van der Waals surface area contributed by atoms with Crippen LogP contribution in [0.4, 0.5) is 15.8 Å². The summed E-state index contributed by atoms with van der Waals surface area (Å²) in [7, 11) is 0. The summed E-state index contributed by atoms with van der Waals surface area (Å²) in [6.45, 7) is 6.05. The summed E-state index contributed by atoms with van der Waals surface area (Å²) in [5, 5.41) is 5.59. The van der Waals surface area contributed by atoms with Crippen molar-refractivity contribution in [2.75, 3.05) is 10.6 Å². The van der Waals surface area contributed by atoms with Crippen LogP contribution in [0.25, 0.3) is 0 Å². The zero-order chi connectivity index (χ0) is 21.0. The van der Waals surface area contributed by atoms with Crippen molar-refractivity contribution in [3.63, 3.8) is 0 Å². The van der Waals surface area contributed by atoms with Gasteiger partial charge in [0.05, 0.1) is 0 Å². The molecule has 1 aromatic heterocycles. The number of aryl methyl sites for hydroxylation is 1. The SMILES string of the molecule is Cc1cccc(C(C)C)c1NC(=O)c1cc(C(=O)Nc2ccc(F)cc2)ccn1. The molecule has 0 aliphatic heterocycles. The van der Waals surface area contributed by atoms with Crippen LogP contribution in [0.1, 0.15) is 51.7 Å². The van der Waals surface area contributed by atoms with Crippen molar-refractivity contribution in [1.82, 2.24) is 4.98 Å². The molecule has 0 fully saturated rings. The van der Waals surface area contributed by atoms with Gasteiger partial charge >= 0.3 is 0 Å². The smallest absolute Gasteiger partial charge is 0.274 e. The summed E-state index contributed by atoms with van der Waals surface area (Å²) < 4.78 is 13.0. The second-order valence-corrected chi connectivity index (χ2v) is 7.04. The minimum absolute atomic E-state index is 0.134. The van der Waals surface area contributed by atoms with Gasteiger partial charge in [0.15, 0.2) is 0 Å². The Labute approximate surface area is 169 Å². The standard InChI is InChI=1S/C23H22FN3O2/c1-14(2)19-6-4-5-15(3)21(19)27-23(29)20-13-16(11-12-25-20)22(28)26-18-9-7-17(24)8-10-18/h4-14H,1-3H3,(H,26,28)(H,27,29). The topological polar surface area (TPSA) is 71.1 Å². The minimum Gasteiger partial charge on any atom is -0.322 e. The average Bonchev–Trinajstić information content (AvgIpc) is 2.71. The maximum Gasteiger partial charge on any atom is 0.274 e. The molecule has 0 aliphatic rings. The number of benzene rings is 2. The Morgan fingerprint density at radius 1 is 0.966 bits per heavy atom. The Morgan fingerprint density at radius 3 is 2.38 bits per heavy atom. The number of aromatic nitrogens is 1. The van der Waals surface area contributed by atoms with E-state index in [1.165, 1.54) is 42.6 Å². The van der Waals surface area contributed by atoms with E-state index in [4.69, 9.17) is 0 Å². The lowest BCUT2D eigenvalue weighted by Gasteiger charge is -2.16. The van der Waals surface area contributed by atoms with Crippen LogP contribution in [0, 0.1) is 12.7 Å². The van der Waals surface area contributed by atoms with Crippen LogP contribution in [-0.4, -0.2) is 16.8 Å². The molecule has 6 heteroatoms. The molecule has 3 rings (SSSR count). The molecule has 1 heterocycles. The molecule has 2 amide bonds. The first-order valence-corrected chi connectivity index (χ1v) is 9.29. The van der Waals surface area contributed by atoms with E-state index in [-0.39, 0.29) is 23.0 Å². The van der Waals surface area contributed by atoms with Gasteiger partial charge in [-0.25, -0.2) is 4.39 Å². The maximum absolute atomic E-state index is 13.0. The van der Waals surface area contributed by atoms with E-state index >= 15 is 0 Å². The summed E-state index contributed by atoms with van der Waals surface area (Å²) in [6.07, 6.45) is 1.41. The third kappa shape index (κ3) is 4.85. The van der Waals surface area contributed by atoms with Gasteiger partial charge in [-0.3, -0.25) is 14.6 Å². The molecule has 2 aromatic carbocycles. The van der Waals surface area contributed by atoms with Crippen LogP contribution in [0.3, 0.4) is 0 Å². The third-order valence-corrected chi connectivity index (χ3v) is 4.52. The van der Waals surface area contributed by atoms with Gasteiger partial charge in [-0.15, -0.1) is 0 Å². The fourth-order valence-corrected chi connectivity index (χ4v) is 2.95. The number of para-hydroxylation sites is 1. The Bertz CT molecular complexity index is 1050. The molecule has 0 radical (unpaired) electrons.